The predicted molar refractivity (Wildman–Crippen MR) is 157 cm³/mol. The fraction of sp³-hybridized carbons (Fsp3) is 0.548. The van der Waals surface area contributed by atoms with Gasteiger partial charge < -0.3 is 29.7 Å². The third-order valence-corrected chi connectivity index (χ3v) is 7.38. The largest absolute Gasteiger partial charge is 0.474 e. The second-order valence-electron chi connectivity index (χ2n) is 10.7. The van der Waals surface area contributed by atoms with Crippen LogP contribution in [0.3, 0.4) is 0 Å². The van der Waals surface area contributed by atoms with E-state index in [9.17, 15) is 19.2 Å². The zero-order valence-corrected chi connectivity index (χ0v) is 24.9. The standard InChI is InChI=1S/C31H41N5O7/c1-3-5-17-42-27(37)19-23(28(38)25-20-36(16-15-32-25)31(40)41-4-2)34-30(39)24-18-26(43-22-13-9-10-14-22)35-29(33-24)21-11-7-6-8-12-21/h6-8,11-12,18,22-23,25,32H,3-5,9-10,13-17,19-20H2,1-2H3,(H,34,39). The van der Waals surface area contributed by atoms with Crippen molar-refractivity contribution in [3.05, 3.63) is 42.1 Å². The number of aromatic nitrogens is 2. The summed E-state index contributed by atoms with van der Waals surface area (Å²) in [6.45, 7) is 4.87. The maximum atomic E-state index is 13.7. The van der Waals surface area contributed by atoms with Crippen molar-refractivity contribution in [1.82, 2.24) is 25.5 Å². The number of rotatable bonds is 13. The van der Waals surface area contributed by atoms with E-state index in [1.165, 1.54) is 11.0 Å². The first-order valence-corrected chi connectivity index (χ1v) is 15.1. The van der Waals surface area contributed by atoms with Crippen LogP contribution < -0.4 is 15.4 Å². The van der Waals surface area contributed by atoms with Gasteiger partial charge in [0.25, 0.3) is 5.91 Å². The van der Waals surface area contributed by atoms with Gasteiger partial charge in [0.2, 0.25) is 5.88 Å². The number of hydrogen-bond donors (Lipinski definition) is 2. The smallest absolute Gasteiger partial charge is 0.409 e. The second-order valence-corrected chi connectivity index (χ2v) is 10.7. The van der Waals surface area contributed by atoms with Gasteiger partial charge in [0.05, 0.1) is 25.7 Å². The molecule has 4 rings (SSSR count). The summed E-state index contributed by atoms with van der Waals surface area (Å²) in [5.74, 6) is -1.14. The molecule has 2 aliphatic rings. The van der Waals surface area contributed by atoms with Crippen LogP contribution >= 0.6 is 0 Å². The number of nitrogens with zero attached hydrogens (tertiary/aromatic N) is 3. The molecule has 1 saturated heterocycles. The topological polar surface area (TPSA) is 149 Å². The molecule has 232 valence electrons. The first kappa shape index (κ1) is 31.9. The first-order chi connectivity index (χ1) is 20.9. The minimum atomic E-state index is -1.23. The number of benzene rings is 1. The number of piperazine rings is 1. The van der Waals surface area contributed by atoms with Crippen molar-refractivity contribution in [2.75, 3.05) is 32.8 Å². The molecule has 0 spiro atoms. The first-order valence-electron chi connectivity index (χ1n) is 15.1. The molecule has 2 N–H and O–H groups in total. The Morgan fingerprint density at radius 2 is 1.84 bits per heavy atom. The Morgan fingerprint density at radius 1 is 1.07 bits per heavy atom. The summed E-state index contributed by atoms with van der Waals surface area (Å²) in [6.07, 6.45) is 4.57. The zero-order valence-electron chi connectivity index (χ0n) is 24.9. The maximum Gasteiger partial charge on any atom is 0.409 e. The highest BCUT2D eigenvalue weighted by atomic mass is 16.6. The molecule has 1 saturated carbocycles. The normalized spacial score (nSPS) is 17.6. The fourth-order valence-electron chi connectivity index (χ4n) is 5.07. The maximum absolute atomic E-state index is 13.7. The van der Waals surface area contributed by atoms with Crippen molar-refractivity contribution in [2.45, 2.75) is 77.0 Å². The van der Waals surface area contributed by atoms with Gasteiger partial charge in [0, 0.05) is 31.3 Å². The van der Waals surface area contributed by atoms with Crippen molar-refractivity contribution < 1.29 is 33.4 Å². The molecule has 2 amide bonds. The van der Waals surface area contributed by atoms with Gasteiger partial charge in [-0.15, -0.1) is 0 Å². The van der Waals surface area contributed by atoms with Gasteiger partial charge in [-0.25, -0.2) is 9.78 Å². The van der Waals surface area contributed by atoms with Crippen molar-refractivity contribution in [3.63, 3.8) is 0 Å². The number of hydrogen-bond acceptors (Lipinski definition) is 10. The summed E-state index contributed by atoms with van der Waals surface area (Å²) in [4.78, 5) is 62.9. The molecule has 12 nitrogen and oxygen atoms in total. The lowest BCUT2D eigenvalue weighted by molar-refractivity contribution is -0.146. The molecule has 1 aliphatic heterocycles. The summed E-state index contributed by atoms with van der Waals surface area (Å²) in [6, 6.07) is 8.64. The van der Waals surface area contributed by atoms with Crippen LogP contribution in [0.25, 0.3) is 11.4 Å². The van der Waals surface area contributed by atoms with Crippen LogP contribution in [0.15, 0.2) is 36.4 Å². The van der Waals surface area contributed by atoms with Gasteiger partial charge >= 0.3 is 12.1 Å². The average Bonchev–Trinajstić information content (AvgIpc) is 3.54. The Kier molecular flexibility index (Phi) is 11.8. The van der Waals surface area contributed by atoms with Gasteiger partial charge in [0.1, 0.15) is 17.8 Å². The van der Waals surface area contributed by atoms with Crippen LogP contribution in [-0.4, -0.2) is 89.7 Å². The second kappa shape index (κ2) is 16.0. The van der Waals surface area contributed by atoms with E-state index in [2.05, 4.69) is 20.6 Å². The summed E-state index contributed by atoms with van der Waals surface area (Å²) >= 11 is 0. The summed E-state index contributed by atoms with van der Waals surface area (Å²) in [5.41, 5.74) is 0.703. The van der Waals surface area contributed by atoms with Crippen LogP contribution in [-0.2, 0) is 19.1 Å². The fourth-order valence-corrected chi connectivity index (χ4v) is 5.07. The summed E-state index contributed by atoms with van der Waals surface area (Å²) in [7, 11) is 0. The predicted octanol–water partition coefficient (Wildman–Crippen LogP) is 3.30. The van der Waals surface area contributed by atoms with Gasteiger partial charge in [-0.05, 0) is 39.0 Å². The average molecular weight is 596 g/mol. The van der Waals surface area contributed by atoms with Crippen LogP contribution in [0.1, 0.15) is 69.3 Å². The lowest BCUT2D eigenvalue weighted by atomic mass is 10.00. The highest BCUT2D eigenvalue weighted by molar-refractivity contribution is 6.00. The van der Waals surface area contributed by atoms with E-state index in [0.717, 1.165) is 32.1 Å². The van der Waals surface area contributed by atoms with Crippen LogP contribution in [0.4, 0.5) is 4.79 Å². The van der Waals surface area contributed by atoms with Gasteiger partial charge in [0.15, 0.2) is 11.6 Å². The number of amides is 2. The Balaban J connectivity index is 1.57. The number of carbonyl (C=O) groups excluding carboxylic acids is 4. The molecule has 2 aromatic rings. The van der Waals surface area contributed by atoms with Gasteiger partial charge in [-0.3, -0.25) is 14.4 Å². The quantitative estimate of drug-likeness (QED) is 0.261. The Morgan fingerprint density at radius 3 is 2.56 bits per heavy atom. The molecule has 2 heterocycles. The lowest BCUT2D eigenvalue weighted by Crippen LogP contribution is -2.60. The third-order valence-electron chi connectivity index (χ3n) is 7.38. The highest BCUT2D eigenvalue weighted by Gasteiger charge is 2.35. The molecule has 12 heteroatoms. The van der Waals surface area contributed by atoms with Gasteiger partial charge in [-0.2, -0.15) is 4.98 Å². The lowest BCUT2D eigenvalue weighted by Gasteiger charge is -2.33. The third kappa shape index (κ3) is 9.21. The van der Waals surface area contributed by atoms with E-state index in [1.54, 1.807) is 6.92 Å². The number of carbonyl (C=O) groups is 4. The van der Waals surface area contributed by atoms with E-state index in [-0.39, 0.29) is 43.9 Å². The number of ketones is 1. The molecule has 1 aromatic carbocycles. The Bertz CT molecular complexity index is 1250. The van der Waals surface area contributed by atoms with Crippen LogP contribution in [0, 0.1) is 0 Å². The van der Waals surface area contributed by atoms with E-state index >= 15 is 0 Å². The molecule has 0 bridgehead atoms. The minimum absolute atomic E-state index is 0.00127. The Labute approximate surface area is 251 Å². The SMILES string of the molecule is CCCCOC(=O)CC(NC(=O)c1cc(OC2CCCC2)nc(-c2ccccc2)n1)C(=O)C1CN(C(=O)OCC)CCN1. The monoisotopic (exact) mass is 595 g/mol. The number of nitrogens with one attached hydrogen (secondary N) is 2. The molecular formula is C31H41N5O7. The highest BCUT2D eigenvalue weighted by Crippen LogP contribution is 2.25. The van der Waals surface area contributed by atoms with Crippen LogP contribution in [0.5, 0.6) is 5.88 Å². The molecule has 2 fully saturated rings. The number of esters is 1. The molecule has 43 heavy (non-hydrogen) atoms. The molecule has 2 atom stereocenters. The Hall–Kier alpha value is -4.06. The number of ether oxygens (including phenoxy) is 3. The van der Waals surface area contributed by atoms with Gasteiger partial charge in [-0.1, -0.05) is 43.7 Å². The summed E-state index contributed by atoms with van der Waals surface area (Å²) in [5, 5.41) is 5.81. The van der Waals surface area contributed by atoms with Crippen molar-refractivity contribution in [3.8, 4) is 17.3 Å². The molecule has 2 unspecified atom stereocenters. The van der Waals surface area contributed by atoms with E-state index in [4.69, 9.17) is 14.2 Å². The zero-order chi connectivity index (χ0) is 30.6. The molecule has 1 aromatic heterocycles. The van der Waals surface area contributed by atoms with Crippen molar-refractivity contribution in [2.24, 2.45) is 0 Å². The van der Waals surface area contributed by atoms with E-state index < -0.39 is 35.8 Å². The minimum Gasteiger partial charge on any atom is -0.474 e. The molecular weight excluding hydrogens is 554 g/mol. The molecule has 0 radical (unpaired) electrons. The van der Waals surface area contributed by atoms with E-state index in [0.29, 0.717) is 30.9 Å². The number of Topliss-reactive ketones (excluding diaryl/α,β-unsaturated/α-hetero) is 1. The molecule has 1 aliphatic carbocycles. The van der Waals surface area contributed by atoms with E-state index in [1.807, 2.05) is 37.3 Å². The van der Waals surface area contributed by atoms with Crippen LogP contribution in [0.2, 0.25) is 0 Å². The number of unbranched alkanes of at least 4 members (excludes halogenated alkanes) is 1. The van der Waals surface area contributed by atoms with Crippen molar-refractivity contribution in [1.29, 1.82) is 0 Å². The van der Waals surface area contributed by atoms with Crippen molar-refractivity contribution >= 4 is 23.8 Å². The summed E-state index contributed by atoms with van der Waals surface area (Å²) < 4.78 is 16.5.